The van der Waals surface area contributed by atoms with Gasteiger partial charge in [0, 0.05) is 10.4 Å². The van der Waals surface area contributed by atoms with Gasteiger partial charge in [-0.3, -0.25) is 0 Å². The van der Waals surface area contributed by atoms with E-state index in [1.165, 1.54) is 134 Å². The first-order valence-corrected chi connectivity index (χ1v) is 20.3. The van der Waals surface area contributed by atoms with Crippen LogP contribution in [0.5, 0.6) is 11.5 Å². The number of unbranched alkanes of at least 4 members (excludes halogenated alkanes) is 20. The Morgan fingerprint density at radius 1 is 0.532 bits per heavy atom. The summed E-state index contributed by atoms with van der Waals surface area (Å²) in [5.41, 5.74) is 3.38. The molecule has 0 aliphatic carbocycles. The number of ether oxygens (including phenoxy) is 2. The van der Waals surface area contributed by atoms with E-state index in [1.54, 1.807) is 0 Å². The Hall–Kier alpha value is -2.13. The van der Waals surface area contributed by atoms with Gasteiger partial charge in [0.25, 0.3) is 0 Å². The van der Waals surface area contributed by atoms with Crippen LogP contribution in [0, 0.1) is 0 Å². The van der Waals surface area contributed by atoms with Crippen molar-refractivity contribution in [3.63, 3.8) is 0 Å². The normalized spacial score (nSPS) is 11.4. The molecular formula is C44H70O2S. The zero-order valence-electron chi connectivity index (χ0n) is 30.8. The molecular weight excluding hydrogens is 593 g/mol. The summed E-state index contributed by atoms with van der Waals surface area (Å²) in [6.45, 7) is 8.35. The van der Waals surface area contributed by atoms with Gasteiger partial charge < -0.3 is 9.47 Å². The molecule has 2 rings (SSSR count). The highest BCUT2D eigenvalue weighted by Gasteiger charge is 2.13. The summed E-state index contributed by atoms with van der Waals surface area (Å²) in [5, 5.41) is 0. The Labute approximate surface area is 296 Å². The maximum atomic E-state index is 6.51. The van der Waals surface area contributed by atoms with Crippen LogP contribution >= 0.6 is 12.2 Å². The summed E-state index contributed by atoms with van der Waals surface area (Å²) in [6.07, 6.45) is 35.7. The van der Waals surface area contributed by atoms with E-state index in [9.17, 15) is 0 Å². The van der Waals surface area contributed by atoms with Crippen molar-refractivity contribution >= 4 is 23.2 Å². The predicted molar refractivity (Wildman–Crippen MR) is 212 cm³/mol. The zero-order valence-corrected chi connectivity index (χ0v) is 31.6. The first-order valence-electron chi connectivity index (χ1n) is 19.9. The number of allylic oxidation sites excluding steroid dienone is 1. The second kappa shape index (κ2) is 28.8. The van der Waals surface area contributed by atoms with Crippen LogP contribution in [-0.4, -0.2) is 18.1 Å². The lowest BCUT2D eigenvalue weighted by Gasteiger charge is -2.18. The van der Waals surface area contributed by atoms with E-state index in [-0.39, 0.29) is 0 Å². The fraction of sp³-hybridized carbons (Fsp3) is 0.659. The van der Waals surface area contributed by atoms with E-state index in [2.05, 4.69) is 51.1 Å². The monoisotopic (exact) mass is 663 g/mol. The van der Waals surface area contributed by atoms with Gasteiger partial charge in [-0.1, -0.05) is 204 Å². The molecule has 0 aromatic heterocycles. The molecule has 0 radical (unpaired) electrons. The molecule has 0 heterocycles. The molecule has 2 nitrogen and oxygen atoms in total. The average Bonchev–Trinajstić information content (AvgIpc) is 3.09. The topological polar surface area (TPSA) is 18.5 Å². The molecule has 0 saturated carbocycles. The Kier molecular flexibility index (Phi) is 25.2. The van der Waals surface area contributed by atoms with Crippen molar-refractivity contribution in [1.29, 1.82) is 0 Å². The smallest absolute Gasteiger partial charge is 0.126 e. The maximum Gasteiger partial charge on any atom is 0.126 e. The Morgan fingerprint density at radius 3 is 1.34 bits per heavy atom. The van der Waals surface area contributed by atoms with Crippen molar-refractivity contribution in [3.8, 4) is 11.5 Å². The molecule has 0 aliphatic rings. The third kappa shape index (κ3) is 20.1. The van der Waals surface area contributed by atoms with Gasteiger partial charge in [0.2, 0.25) is 0 Å². The number of hydrogen-bond donors (Lipinski definition) is 0. The first-order chi connectivity index (χ1) is 23.2. The molecule has 0 fully saturated rings. The molecule has 264 valence electrons. The Bertz CT molecular complexity index is 1010. The van der Waals surface area contributed by atoms with Crippen LogP contribution in [0.25, 0.3) is 6.08 Å². The van der Waals surface area contributed by atoms with E-state index in [0.29, 0.717) is 0 Å². The number of benzene rings is 2. The molecule has 0 amide bonds. The van der Waals surface area contributed by atoms with Crippen LogP contribution in [0.15, 0.2) is 48.5 Å². The van der Waals surface area contributed by atoms with Crippen LogP contribution in [0.2, 0.25) is 0 Å². The van der Waals surface area contributed by atoms with Gasteiger partial charge in [-0.25, -0.2) is 0 Å². The summed E-state index contributed by atoms with van der Waals surface area (Å²) in [4.78, 5) is 0.843. The van der Waals surface area contributed by atoms with E-state index >= 15 is 0 Å². The average molecular weight is 663 g/mol. The molecule has 0 unspecified atom stereocenters. The lowest BCUT2D eigenvalue weighted by molar-refractivity contribution is 0.284. The van der Waals surface area contributed by atoms with Gasteiger partial charge in [-0.2, -0.15) is 0 Å². The van der Waals surface area contributed by atoms with Gasteiger partial charge >= 0.3 is 0 Å². The van der Waals surface area contributed by atoms with Crippen molar-refractivity contribution in [1.82, 2.24) is 0 Å². The van der Waals surface area contributed by atoms with Crippen LogP contribution in [0.4, 0.5) is 0 Å². The summed E-state index contributed by atoms with van der Waals surface area (Å²) < 4.78 is 13.0. The van der Waals surface area contributed by atoms with Crippen molar-refractivity contribution in [2.45, 2.75) is 175 Å². The number of hydrogen-bond acceptors (Lipinski definition) is 3. The first kappa shape index (κ1) is 41.0. The highest BCUT2D eigenvalue weighted by atomic mass is 32.1. The van der Waals surface area contributed by atoms with Crippen LogP contribution in [-0.2, 0) is 6.42 Å². The molecule has 47 heavy (non-hydrogen) atoms. The molecule has 0 bridgehead atoms. The van der Waals surface area contributed by atoms with Crippen molar-refractivity contribution in [3.05, 3.63) is 65.2 Å². The summed E-state index contributed by atoms with van der Waals surface area (Å²) in [5.74, 6) is 1.97. The minimum Gasteiger partial charge on any atom is -0.493 e. The Morgan fingerprint density at radius 2 is 0.936 bits per heavy atom. The van der Waals surface area contributed by atoms with E-state index in [1.807, 2.05) is 24.3 Å². The molecule has 3 heteroatoms. The molecule has 0 N–H and O–H groups in total. The Balaban J connectivity index is 1.90. The SMILES string of the molecule is CCCCCCCCCCCCCOc1cc(C=CC(=S)c2ccccc2)cc(OCCCCCCCCCCCCC)c1CCC. The molecule has 0 spiro atoms. The fourth-order valence-corrected chi connectivity index (χ4v) is 6.46. The maximum absolute atomic E-state index is 6.51. The minimum absolute atomic E-state index is 0.765. The lowest BCUT2D eigenvalue weighted by atomic mass is 10.0. The summed E-state index contributed by atoms with van der Waals surface area (Å²) >= 11 is 5.72. The van der Waals surface area contributed by atoms with Crippen molar-refractivity contribution in [2.75, 3.05) is 13.2 Å². The third-order valence-electron chi connectivity index (χ3n) is 9.19. The molecule has 0 atom stereocenters. The molecule has 0 saturated heterocycles. The third-order valence-corrected chi connectivity index (χ3v) is 9.56. The summed E-state index contributed by atoms with van der Waals surface area (Å²) in [6, 6.07) is 14.6. The zero-order chi connectivity index (χ0) is 33.6. The van der Waals surface area contributed by atoms with Gasteiger partial charge in [0.15, 0.2) is 0 Å². The highest BCUT2D eigenvalue weighted by Crippen LogP contribution is 2.33. The number of rotatable bonds is 31. The van der Waals surface area contributed by atoms with Gasteiger partial charge in [0.05, 0.1) is 13.2 Å². The molecule has 2 aromatic rings. The quantitative estimate of drug-likeness (QED) is 0.0346. The van der Waals surface area contributed by atoms with Gasteiger partial charge in [-0.05, 0) is 48.6 Å². The second-order valence-electron chi connectivity index (χ2n) is 13.6. The van der Waals surface area contributed by atoms with E-state index < -0.39 is 0 Å². The molecule has 2 aromatic carbocycles. The van der Waals surface area contributed by atoms with E-state index in [0.717, 1.165) is 66.4 Å². The molecule has 0 aliphatic heterocycles. The second-order valence-corrected chi connectivity index (χ2v) is 14.0. The standard InChI is InChI=1S/C44H70O2S/c1-4-7-9-11-13-15-17-19-21-23-28-35-45-42-37-39(33-34-44(47)40-31-26-25-27-32-40)38-43(41(42)30-6-3)46-36-29-24-22-20-18-16-14-12-10-8-5-2/h25-27,31-34,37-38H,4-24,28-30,35-36H2,1-3H3. The van der Waals surface area contributed by atoms with Crippen molar-refractivity contribution < 1.29 is 9.47 Å². The lowest BCUT2D eigenvalue weighted by Crippen LogP contribution is -2.05. The van der Waals surface area contributed by atoms with Crippen LogP contribution in [0.3, 0.4) is 0 Å². The van der Waals surface area contributed by atoms with Gasteiger partial charge in [0.1, 0.15) is 11.5 Å². The van der Waals surface area contributed by atoms with Gasteiger partial charge in [-0.15, -0.1) is 0 Å². The number of thiocarbonyl (C=S) groups is 1. The largest absolute Gasteiger partial charge is 0.493 e. The fourth-order valence-electron chi connectivity index (χ4n) is 6.26. The van der Waals surface area contributed by atoms with Crippen LogP contribution < -0.4 is 9.47 Å². The minimum atomic E-state index is 0.765. The predicted octanol–water partition coefficient (Wildman–Crippen LogP) is 14.5. The van der Waals surface area contributed by atoms with Crippen molar-refractivity contribution in [2.24, 2.45) is 0 Å². The van der Waals surface area contributed by atoms with Crippen LogP contribution in [0.1, 0.15) is 185 Å². The highest BCUT2D eigenvalue weighted by molar-refractivity contribution is 7.81. The summed E-state index contributed by atoms with van der Waals surface area (Å²) in [7, 11) is 0. The van der Waals surface area contributed by atoms with E-state index in [4.69, 9.17) is 21.7 Å².